The first-order valence-electron chi connectivity index (χ1n) is 9.18. The second-order valence-electron chi connectivity index (χ2n) is 7.94. The van der Waals surface area contributed by atoms with Crippen LogP contribution in [0, 0.1) is 11.8 Å². The molecular formula is C20H30N2O6Si. The number of ketones is 1. The van der Waals surface area contributed by atoms with Crippen LogP contribution in [0.25, 0.3) is 0 Å². The van der Waals surface area contributed by atoms with Crippen molar-refractivity contribution in [2.24, 2.45) is 0 Å². The normalized spacial score (nSPS) is 12.4. The van der Waals surface area contributed by atoms with Gasteiger partial charge in [-0.15, -0.1) is 0 Å². The van der Waals surface area contributed by atoms with Gasteiger partial charge in [0.1, 0.15) is 5.56 Å². The van der Waals surface area contributed by atoms with Crippen molar-refractivity contribution in [3.05, 3.63) is 11.8 Å². The third kappa shape index (κ3) is 7.48. The van der Waals surface area contributed by atoms with Gasteiger partial charge in [0.15, 0.2) is 8.32 Å². The van der Waals surface area contributed by atoms with Crippen molar-refractivity contribution < 1.29 is 28.2 Å². The minimum absolute atomic E-state index is 0.00853. The molecule has 0 aliphatic rings. The molecule has 0 aliphatic heterocycles. The molecule has 0 radical (unpaired) electrons. The molecule has 1 rings (SSSR count). The highest BCUT2D eigenvalue weighted by Crippen LogP contribution is 2.38. The van der Waals surface area contributed by atoms with Crippen molar-refractivity contribution in [3.8, 4) is 23.7 Å². The summed E-state index contributed by atoms with van der Waals surface area (Å²) >= 11 is 0. The number of nitrogens with zero attached hydrogens (tertiary/aromatic N) is 2. The zero-order valence-electron chi connectivity index (χ0n) is 18.4. The van der Waals surface area contributed by atoms with Gasteiger partial charge in [-0.2, -0.15) is 4.98 Å². The number of ether oxygens (including phenoxy) is 3. The highest BCUT2D eigenvalue weighted by atomic mass is 28.4. The SMILES string of the molecule is COC(=O)CC(CC(=O)C#Cc1cnc(OC)nc1OC)O[Si](C)(C)C(C)(C)C. The Morgan fingerprint density at radius 3 is 2.31 bits per heavy atom. The molecule has 0 spiro atoms. The molecule has 1 atom stereocenters. The van der Waals surface area contributed by atoms with Gasteiger partial charge in [0.2, 0.25) is 11.7 Å². The van der Waals surface area contributed by atoms with Crippen molar-refractivity contribution in [2.75, 3.05) is 21.3 Å². The Balaban J connectivity index is 2.99. The van der Waals surface area contributed by atoms with Crippen LogP contribution < -0.4 is 9.47 Å². The number of hydrogen-bond acceptors (Lipinski definition) is 8. The first-order chi connectivity index (χ1) is 13.4. The average molecular weight is 423 g/mol. The summed E-state index contributed by atoms with van der Waals surface area (Å²) in [4.78, 5) is 32.2. The molecule has 1 unspecified atom stereocenters. The quantitative estimate of drug-likeness (QED) is 0.358. The number of esters is 1. The van der Waals surface area contributed by atoms with Gasteiger partial charge in [-0.25, -0.2) is 4.98 Å². The molecule has 0 saturated heterocycles. The lowest BCUT2D eigenvalue weighted by molar-refractivity contribution is -0.142. The number of Topliss-reactive ketones (excluding diaryl/α,β-unsaturated/α-hetero) is 1. The summed E-state index contributed by atoms with van der Waals surface area (Å²) in [5, 5.41) is -0.0656. The number of methoxy groups -OCH3 is 3. The molecule has 29 heavy (non-hydrogen) atoms. The third-order valence-corrected chi connectivity index (χ3v) is 9.28. The van der Waals surface area contributed by atoms with Crippen LogP contribution in [0.4, 0.5) is 0 Å². The first-order valence-corrected chi connectivity index (χ1v) is 12.1. The van der Waals surface area contributed by atoms with Gasteiger partial charge in [-0.1, -0.05) is 26.7 Å². The minimum Gasteiger partial charge on any atom is -0.480 e. The fourth-order valence-electron chi connectivity index (χ4n) is 2.10. The molecule has 0 aliphatic carbocycles. The summed E-state index contributed by atoms with van der Waals surface area (Å²) < 4.78 is 21.1. The summed E-state index contributed by atoms with van der Waals surface area (Å²) in [7, 11) is 2.00. The van der Waals surface area contributed by atoms with Crippen molar-refractivity contribution in [3.63, 3.8) is 0 Å². The third-order valence-electron chi connectivity index (χ3n) is 4.75. The highest BCUT2D eigenvalue weighted by molar-refractivity contribution is 6.74. The van der Waals surface area contributed by atoms with Crippen LogP contribution in [-0.4, -0.2) is 57.5 Å². The molecule has 9 heteroatoms. The van der Waals surface area contributed by atoms with Crippen LogP contribution in [0.3, 0.4) is 0 Å². The highest BCUT2D eigenvalue weighted by Gasteiger charge is 2.39. The maximum Gasteiger partial charge on any atom is 0.319 e. The average Bonchev–Trinajstić information content (AvgIpc) is 2.64. The Bertz CT molecular complexity index is 792. The molecule has 0 N–H and O–H groups in total. The van der Waals surface area contributed by atoms with Gasteiger partial charge in [0.05, 0.1) is 40.1 Å². The summed E-state index contributed by atoms with van der Waals surface area (Å²) in [5.41, 5.74) is 0.358. The largest absolute Gasteiger partial charge is 0.480 e. The van der Waals surface area contributed by atoms with E-state index in [0.717, 1.165) is 0 Å². The van der Waals surface area contributed by atoms with Crippen LogP contribution in [0.2, 0.25) is 18.1 Å². The van der Waals surface area contributed by atoms with E-state index in [1.54, 1.807) is 0 Å². The van der Waals surface area contributed by atoms with E-state index in [4.69, 9.17) is 18.6 Å². The molecule has 0 bridgehead atoms. The van der Waals surface area contributed by atoms with E-state index >= 15 is 0 Å². The molecule has 0 aromatic carbocycles. The maximum absolute atomic E-state index is 12.5. The number of aromatic nitrogens is 2. The number of carbonyl (C=O) groups excluding carboxylic acids is 2. The van der Waals surface area contributed by atoms with Crippen molar-refractivity contribution >= 4 is 20.1 Å². The Labute approximate surface area is 173 Å². The molecule has 8 nitrogen and oxygen atoms in total. The first kappa shape index (κ1) is 24.6. The Morgan fingerprint density at radius 1 is 1.14 bits per heavy atom. The van der Waals surface area contributed by atoms with Gasteiger partial charge in [-0.3, -0.25) is 9.59 Å². The van der Waals surface area contributed by atoms with Crippen LogP contribution >= 0.6 is 0 Å². The molecule has 0 saturated carbocycles. The molecule has 160 valence electrons. The van der Waals surface area contributed by atoms with Crippen LogP contribution in [0.5, 0.6) is 11.9 Å². The fraction of sp³-hybridized carbons (Fsp3) is 0.600. The number of rotatable bonds is 8. The van der Waals surface area contributed by atoms with Crippen molar-refractivity contribution in [2.45, 2.75) is 57.8 Å². The van der Waals surface area contributed by atoms with E-state index in [9.17, 15) is 9.59 Å². The van der Waals surface area contributed by atoms with E-state index in [1.807, 2.05) is 0 Å². The summed E-state index contributed by atoms with van der Waals surface area (Å²) in [5.74, 6) is 4.68. The minimum atomic E-state index is -2.19. The monoisotopic (exact) mass is 422 g/mol. The predicted octanol–water partition coefficient (Wildman–Crippen LogP) is 2.76. The van der Waals surface area contributed by atoms with Gasteiger partial charge in [-0.05, 0) is 24.1 Å². The van der Waals surface area contributed by atoms with Gasteiger partial charge >= 0.3 is 12.0 Å². The van der Waals surface area contributed by atoms with Crippen LogP contribution in [0.15, 0.2) is 6.20 Å². The Kier molecular flexibility index (Phi) is 8.79. The lowest BCUT2D eigenvalue weighted by Gasteiger charge is -2.38. The standard InChI is InChI=1S/C20H30N2O6Si/c1-20(2,3)29(7,8)28-16(12-17(24)25-4)11-15(23)10-9-14-13-21-19(27-6)22-18(14)26-5/h13,16H,11-12H2,1-8H3. The van der Waals surface area contributed by atoms with Crippen molar-refractivity contribution in [1.29, 1.82) is 0 Å². The molecule has 1 aromatic heterocycles. The summed E-state index contributed by atoms with van der Waals surface area (Å²) in [6.45, 7) is 10.4. The van der Waals surface area contributed by atoms with Crippen LogP contribution in [-0.2, 0) is 18.8 Å². The zero-order valence-corrected chi connectivity index (χ0v) is 19.4. The topological polar surface area (TPSA) is 96.8 Å². The molecule has 1 aromatic rings. The summed E-state index contributed by atoms with van der Waals surface area (Å²) in [6.07, 6.45) is 0.793. The van der Waals surface area contributed by atoms with E-state index in [2.05, 4.69) is 55.7 Å². The predicted molar refractivity (Wildman–Crippen MR) is 110 cm³/mol. The Morgan fingerprint density at radius 2 is 1.79 bits per heavy atom. The van der Waals surface area contributed by atoms with E-state index < -0.39 is 20.4 Å². The molecular weight excluding hydrogens is 392 g/mol. The summed E-state index contributed by atoms with van der Waals surface area (Å²) in [6, 6.07) is 0.139. The van der Waals surface area contributed by atoms with E-state index in [-0.39, 0.29) is 35.6 Å². The van der Waals surface area contributed by atoms with Gasteiger partial charge in [0, 0.05) is 6.42 Å². The van der Waals surface area contributed by atoms with Gasteiger partial charge < -0.3 is 18.6 Å². The fourth-order valence-corrected chi connectivity index (χ4v) is 3.46. The van der Waals surface area contributed by atoms with E-state index in [0.29, 0.717) is 5.56 Å². The smallest absolute Gasteiger partial charge is 0.319 e. The second kappa shape index (κ2) is 10.4. The molecule has 0 amide bonds. The maximum atomic E-state index is 12.5. The lowest BCUT2D eigenvalue weighted by atomic mass is 10.1. The molecule has 0 fully saturated rings. The van der Waals surface area contributed by atoms with Crippen molar-refractivity contribution in [1.82, 2.24) is 9.97 Å². The van der Waals surface area contributed by atoms with Gasteiger partial charge in [0.25, 0.3) is 0 Å². The molecule has 1 heterocycles. The van der Waals surface area contributed by atoms with E-state index in [1.165, 1.54) is 27.5 Å². The Hall–Kier alpha value is -2.44. The van der Waals surface area contributed by atoms with Crippen LogP contribution in [0.1, 0.15) is 39.2 Å². The number of hydrogen-bond donors (Lipinski definition) is 0. The zero-order chi connectivity index (χ0) is 22.2. The number of carbonyl (C=O) groups is 2. The second-order valence-corrected chi connectivity index (χ2v) is 12.7. The lowest BCUT2D eigenvalue weighted by Crippen LogP contribution is -2.45.